The molecule has 2 amide bonds. The maximum absolute atomic E-state index is 14.8. The van der Waals surface area contributed by atoms with Crippen molar-refractivity contribution in [3.63, 3.8) is 0 Å². The Hall–Kier alpha value is -3.95. The second-order valence-corrected chi connectivity index (χ2v) is 19.3. The molecule has 2 aromatic carbocycles. The number of nitrogens with zero attached hydrogens (tertiary/aromatic N) is 5. The summed E-state index contributed by atoms with van der Waals surface area (Å²) in [7, 11) is 1.20. The Balaban J connectivity index is 1.16. The molecule has 312 valence electrons. The van der Waals surface area contributed by atoms with Gasteiger partial charge in [-0.15, -0.1) is 9.46 Å². The molecule has 4 heterocycles. The fourth-order valence-electron chi connectivity index (χ4n) is 9.44. The van der Waals surface area contributed by atoms with Crippen molar-refractivity contribution in [2.45, 2.75) is 63.1 Å². The largest absolute Gasteiger partial charge is 0.490 e. The third-order valence-corrected chi connectivity index (χ3v) is 14.9. The first-order valence-electron chi connectivity index (χ1n) is 20.5. The number of nitrogens with one attached hydrogen (secondary N) is 1. The van der Waals surface area contributed by atoms with Crippen LogP contribution < -0.4 is 19.1 Å². The summed E-state index contributed by atoms with van der Waals surface area (Å²) in [6.45, 7) is 7.16. The number of hydrogen-bond donors (Lipinski definition) is 1. The minimum atomic E-state index is -3.63. The lowest BCUT2D eigenvalue weighted by molar-refractivity contribution is -0.0592. The van der Waals surface area contributed by atoms with E-state index >= 15 is 0 Å². The van der Waals surface area contributed by atoms with Gasteiger partial charge in [-0.3, -0.25) is 23.9 Å². The third kappa shape index (κ3) is 8.54. The molecule has 13 nitrogen and oxygen atoms in total. The molecule has 1 unspecified atom stereocenters. The van der Waals surface area contributed by atoms with Crippen LogP contribution in [0.25, 0.3) is 0 Å². The molecule has 1 aromatic heterocycles. The summed E-state index contributed by atoms with van der Waals surface area (Å²) in [6.07, 6.45) is 11.6. The van der Waals surface area contributed by atoms with Crippen LogP contribution in [0.2, 0.25) is 5.02 Å². The quantitative estimate of drug-likeness (QED) is 0.276. The highest BCUT2D eigenvalue weighted by molar-refractivity contribution is 7.92. The van der Waals surface area contributed by atoms with Gasteiger partial charge in [-0.2, -0.15) is 0 Å². The maximum Gasteiger partial charge on any atom is 0.286 e. The normalized spacial score (nSPS) is 29.5. The topological polar surface area (TPSA) is 137 Å². The lowest BCUT2D eigenvalue weighted by Crippen LogP contribution is -2.53. The molecule has 8 rings (SSSR count). The van der Waals surface area contributed by atoms with E-state index in [0.29, 0.717) is 43.8 Å². The van der Waals surface area contributed by atoms with E-state index in [2.05, 4.69) is 48.3 Å². The molecule has 0 radical (unpaired) electrons. The molecular formula is C43H55ClN6O7S. The molecule has 1 saturated heterocycles. The second kappa shape index (κ2) is 17.0. The lowest BCUT2D eigenvalue weighted by atomic mass is 9.68. The average molecular weight is 835 g/mol. The summed E-state index contributed by atoms with van der Waals surface area (Å²) in [5, 5.41) is 4.91. The number of likely N-dealkylation sites (tertiary alicyclic amines) is 1. The number of allylic oxidation sites excluding steroid dienone is 1. The lowest BCUT2D eigenvalue weighted by Gasteiger charge is -2.46. The smallest absolute Gasteiger partial charge is 0.286 e. The highest BCUT2D eigenvalue weighted by Gasteiger charge is 2.45. The van der Waals surface area contributed by atoms with Gasteiger partial charge in [0.15, 0.2) is 0 Å². The molecule has 2 bridgehead atoms. The number of carbonyl (C=O) groups is 2. The molecule has 5 aliphatic rings. The molecule has 1 saturated carbocycles. The van der Waals surface area contributed by atoms with E-state index in [1.54, 1.807) is 20.2 Å². The van der Waals surface area contributed by atoms with E-state index < -0.39 is 21.7 Å². The van der Waals surface area contributed by atoms with Gasteiger partial charge >= 0.3 is 0 Å². The summed E-state index contributed by atoms with van der Waals surface area (Å²) in [6, 6.07) is 11.6. The molecule has 2 aliphatic carbocycles. The van der Waals surface area contributed by atoms with Crippen molar-refractivity contribution in [1.29, 1.82) is 0 Å². The van der Waals surface area contributed by atoms with Gasteiger partial charge in [0.05, 0.1) is 44.0 Å². The van der Waals surface area contributed by atoms with Crippen LogP contribution in [-0.2, 0) is 38.3 Å². The Morgan fingerprint density at radius 1 is 1.14 bits per heavy atom. The molecule has 15 heteroatoms. The van der Waals surface area contributed by atoms with Crippen molar-refractivity contribution in [2.75, 3.05) is 70.8 Å². The number of carbonyl (C=O) groups excluding carboxylic acids is 2. The van der Waals surface area contributed by atoms with Crippen LogP contribution in [-0.4, -0.2) is 109 Å². The van der Waals surface area contributed by atoms with E-state index in [1.165, 1.54) is 29.1 Å². The number of halogens is 1. The summed E-state index contributed by atoms with van der Waals surface area (Å²) in [5.41, 5.74) is 3.40. The van der Waals surface area contributed by atoms with E-state index in [0.717, 1.165) is 69.0 Å². The predicted molar refractivity (Wildman–Crippen MR) is 223 cm³/mol. The number of methoxy groups -OCH3 is 2. The SMILES string of the molecule is COc1nn(C)cc1C(=O)NS1(=O)=NC(=O)c2ccc3c(c2)N(C[C@@H]2CC[C@H]2[C@@H](OCCN2CC(OC)C2)/C=C\C[C@H](C)C1)C[C@@]1(CCCc2cc(Cl)ccc21)CO3. The van der Waals surface area contributed by atoms with Gasteiger partial charge in [0.1, 0.15) is 21.2 Å². The van der Waals surface area contributed by atoms with Gasteiger partial charge in [0.25, 0.3) is 11.8 Å². The first-order chi connectivity index (χ1) is 27.9. The molecule has 6 atom stereocenters. The van der Waals surface area contributed by atoms with Crippen LogP contribution in [0.15, 0.2) is 59.1 Å². The van der Waals surface area contributed by atoms with E-state index in [9.17, 15) is 13.8 Å². The molecule has 1 N–H and O–H groups in total. The van der Waals surface area contributed by atoms with Crippen molar-refractivity contribution in [3.8, 4) is 11.6 Å². The standard InChI is InChI=1S/C43H55ClN6O7S/c1-28-7-5-9-38(56-18-17-49-22-33(23-49)54-3)34-13-10-31(34)21-50-26-43(16-6-8-29-19-32(44)12-14-36(29)43)27-57-39-15-11-30(20-37(39)50)40(51)46-58(53,25-28)47-41(52)35-24-48(2)45-42(35)55-4/h5,9,11-12,14-15,19-20,24,28,31,33-34,38H,6-8,10,13,16-18,21-23,25-27H2,1-4H3,(H,46,47,51,52,53)/b9-5-/t28-,31-,34+,38-,43-,58?/m0/s1. The number of aryl methyl sites for hydroxylation is 2. The van der Waals surface area contributed by atoms with E-state index in [-0.39, 0.29) is 46.3 Å². The van der Waals surface area contributed by atoms with Gasteiger partial charge in [-0.1, -0.05) is 36.7 Å². The Morgan fingerprint density at radius 2 is 1.98 bits per heavy atom. The van der Waals surface area contributed by atoms with Crippen molar-refractivity contribution in [1.82, 2.24) is 19.4 Å². The number of amides is 2. The highest BCUT2D eigenvalue weighted by Crippen LogP contribution is 2.47. The van der Waals surface area contributed by atoms with Crippen molar-refractivity contribution in [2.24, 2.45) is 29.2 Å². The van der Waals surface area contributed by atoms with Gasteiger partial charge in [0, 0.05) is 69.1 Å². The number of fused-ring (bicyclic) bond motifs is 4. The maximum atomic E-state index is 14.8. The third-order valence-electron chi connectivity index (χ3n) is 12.7. The van der Waals surface area contributed by atoms with Crippen LogP contribution in [0.1, 0.15) is 70.9 Å². The number of rotatable bonds is 8. The number of aromatic nitrogens is 2. The summed E-state index contributed by atoms with van der Waals surface area (Å²) < 4.78 is 47.4. The Kier molecular flexibility index (Phi) is 11.9. The fourth-order valence-corrected chi connectivity index (χ4v) is 11.5. The number of anilines is 1. The van der Waals surface area contributed by atoms with E-state index in [1.807, 2.05) is 25.1 Å². The second-order valence-electron chi connectivity index (χ2n) is 16.9. The Labute approximate surface area is 346 Å². The Morgan fingerprint density at radius 3 is 2.76 bits per heavy atom. The molecule has 1 spiro atoms. The van der Waals surface area contributed by atoms with Crippen LogP contribution >= 0.6 is 11.6 Å². The first-order valence-corrected chi connectivity index (χ1v) is 22.5. The van der Waals surface area contributed by atoms with Crippen LogP contribution in [0.3, 0.4) is 0 Å². The monoisotopic (exact) mass is 834 g/mol. The molecule has 2 fully saturated rings. The first kappa shape index (κ1) is 40.8. The van der Waals surface area contributed by atoms with E-state index in [4.69, 9.17) is 30.5 Å². The number of benzene rings is 2. The van der Waals surface area contributed by atoms with Crippen molar-refractivity contribution < 1.29 is 32.7 Å². The average Bonchev–Trinajstić information content (AvgIpc) is 3.48. The van der Waals surface area contributed by atoms with Crippen LogP contribution in [0.5, 0.6) is 11.6 Å². The minimum Gasteiger partial charge on any atom is -0.490 e. The summed E-state index contributed by atoms with van der Waals surface area (Å²) in [5.74, 6) is -0.194. The zero-order valence-electron chi connectivity index (χ0n) is 33.9. The molecule has 3 aliphatic heterocycles. The van der Waals surface area contributed by atoms with Gasteiger partial charge in [-0.05, 0) is 97.7 Å². The van der Waals surface area contributed by atoms with Crippen LogP contribution in [0.4, 0.5) is 5.69 Å². The molecule has 3 aromatic rings. The predicted octanol–water partition coefficient (Wildman–Crippen LogP) is 5.85. The van der Waals surface area contributed by atoms with Gasteiger partial charge < -0.3 is 23.8 Å². The number of hydrogen-bond acceptors (Lipinski definition) is 10. The summed E-state index contributed by atoms with van der Waals surface area (Å²) >= 11 is 6.51. The summed E-state index contributed by atoms with van der Waals surface area (Å²) in [4.78, 5) is 32.6. The van der Waals surface area contributed by atoms with Crippen molar-refractivity contribution in [3.05, 3.63) is 82.0 Å². The fraction of sp³-hybridized carbons (Fsp3) is 0.558. The molecule has 58 heavy (non-hydrogen) atoms. The van der Waals surface area contributed by atoms with Crippen molar-refractivity contribution >= 4 is 39.0 Å². The Bertz CT molecular complexity index is 2180. The molecular weight excluding hydrogens is 780 g/mol. The van der Waals surface area contributed by atoms with Gasteiger partial charge in [0.2, 0.25) is 5.88 Å². The zero-order chi connectivity index (χ0) is 40.6. The highest BCUT2D eigenvalue weighted by atomic mass is 35.5. The minimum absolute atomic E-state index is 0.0449. The zero-order valence-corrected chi connectivity index (χ0v) is 35.4. The van der Waals surface area contributed by atoms with Gasteiger partial charge in [-0.25, -0.2) is 4.21 Å². The number of ether oxygens (including phenoxy) is 4. The van der Waals surface area contributed by atoms with Crippen LogP contribution in [0, 0.1) is 17.8 Å².